The Morgan fingerprint density at radius 3 is 2.39 bits per heavy atom. The Morgan fingerprint density at radius 2 is 2.00 bits per heavy atom. The van der Waals surface area contributed by atoms with E-state index in [-0.39, 0.29) is 5.92 Å². The van der Waals surface area contributed by atoms with Gasteiger partial charge in [-0.25, -0.2) is 0 Å². The molecule has 0 aromatic rings. The van der Waals surface area contributed by atoms with Crippen molar-refractivity contribution in [3.8, 4) is 0 Å². The fourth-order valence-electron chi connectivity index (χ4n) is 1.90. The van der Waals surface area contributed by atoms with E-state index in [1.807, 2.05) is 0 Å². The highest BCUT2D eigenvalue weighted by atomic mass is 19.4. The van der Waals surface area contributed by atoms with Crippen LogP contribution < -0.4 is 5.32 Å². The average molecular weight is 269 g/mol. The average Bonchev–Trinajstić information content (AvgIpc) is 2.61. The number of amides is 1. The van der Waals surface area contributed by atoms with Crippen molar-refractivity contribution in [3.63, 3.8) is 0 Å². The quantitative estimate of drug-likeness (QED) is 0.810. The lowest BCUT2D eigenvalue weighted by atomic mass is 9.95. The number of halogens is 3. The smallest absolute Gasteiger partial charge is 0.382 e. The Kier molecular flexibility index (Phi) is 4.27. The van der Waals surface area contributed by atoms with Crippen molar-refractivity contribution in [2.75, 3.05) is 6.61 Å². The Balaban J connectivity index is 2.68. The number of hydrogen-bond donors (Lipinski definition) is 2. The van der Waals surface area contributed by atoms with E-state index in [2.05, 4.69) is 5.32 Å². The van der Waals surface area contributed by atoms with E-state index in [4.69, 9.17) is 4.74 Å². The predicted octanol–water partition coefficient (Wildman–Crippen LogP) is 1.23. The van der Waals surface area contributed by atoms with E-state index in [0.29, 0.717) is 13.0 Å². The van der Waals surface area contributed by atoms with Crippen LogP contribution >= 0.6 is 0 Å². The van der Waals surface area contributed by atoms with Crippen molar-refractivity contribution < 1.29 is 27.8 Å². The molecule has 3 atom stereocenters. The van der Waals surface area contributed by atoms with E-state index in [0.717, 1.165) is 13.8 Å². The van der Waals surface area contributed by atoms with Crippen molar-refractivity contribution in [2.24, 2.45) is 5.92 Å². The predicted molar refractivity (Wildman–Crippen MR) is 57.8 cm³/mol. The Morgan fingerprint density at radius 1 is 1.44 bits per heavy atom. The molecule has 4 nitrogen and oxygen atoms in total. The molecule has 1 aliphatic heterocycles. The third-order valence-corrected chi connectivity index (χ3v) is 3.08. The zero-order chi connectivity index (χ0) is 14.1. The van der Waals surface area contributed by atoms with Gasteiger partial charge in [0.15, 0.2) is 6.10 Å². The minimum atomic E-state index is -4.78. The van der Waals surface area contributed by atoms with Gasteiger partial charge in [0, 0.05) is 6.61 Å². The summed E-state index contributed by atoms with van der Waals surface area (Å²) in [5, 5.41) is 11.4. The van der Waals surface area contributed by atoms with E-state index >= 15 is 0 Å². The number of hydrogen-bond acceptors (Lipinski definition) is 3. The minimum absolute atomic E-state index is 0.0381. The zero-order valence-electron chi connectivity index (χ0n) is 10.5. The SMILES string of the molecule is C[C@@H]1CCO[C@@H]1C(=O)NC(C)(C)C(O)C(F)(F)F. The Labute approximate surface area is 103 Å². The highest BCUT2D eigenvalue weighted by molar-refractivity contribution is 5.82. The van der Waals surface area contributed by atoms with Crippen LogP contribution in [0.5, 0.6) is 0 Å². The lowest BCUT2D eigenvalue weighted by Gasteiger charge is -2.33. The first-order chi connectivity index (χ1) is 8.05. The Hall–Kier alpha value is -0.820. The highest BCUT2D eigenvalue weighted by Gasteiger charge is 2.49. The summed E-state index contributed by atoms with van der Waals surface area (Å²) in [6.07, 6.45) is -7.45. The maximum absolute atomic E-state index is 12.4. The first-order valence-electron chi connectivity index (χ1n) is 5.74. The summed E-state index contributed by atoms with van der Waals surface area (Å²) < 4.78 is 42.4. The van der Waals surface area contributed by atoms with Crippen LogP contribution in [0.3, 0.4) is 0 Å². The van der Waals surface area contributed by atoms with Gasteiger partial charge in [0.2, 0.25) is 5.91 Å². The van der Waals surface area contributed by atoms with Gasteiger partial charge in [0.25, 0.3) is 0 Å². The van der Waals surface area contributed by atoms with Gasteiger partial charge in [-0.1, -0.05) is 6.92 Å². The highest BCUT2D eigenvalue weighted by Crippen LogP contribution is 2.28. The maximum atomic E-state index is 12.4. The molecule has 2 N–H and O–H groups in total. The lowest BCUT2D eigenvalue weighted by molar-refractivity contribution is -0.223. The molecule has 0 spiro atoms. The Bertz CT molecular complexity index is 317. The monoisotopic (exact) mass is 269 g/mol. The molecule has 1 aliphatic rings. The van der Waals surface area contributed by atoms with Crippen LogP contribution in [0.25, 0.3) is 0 Å². The summed E-state index contributed by atoms with van der Waals surface area (Å²) >= 11 is 0. The number of ether oxygens (including phenoxy) is 1. The van der Waals surface area contributed by atoms with Gasteiger partial charge in [0.1, 0.15) is 6.10 Å². The summed E-state index contributed by atoms with van der Waals surface area (Å²) in [4.78, 5) is 11.8. The van der Waals surface area contributed by atoms with Gasteiger partial charge in [0.05, 0.1) is 5.54 Å². The van der Waals surface area contributed by atoms with Crippen LogP contribution in [0.4, 0.5) is 13.2 Å². The molecule has 1 unspecified atom stereocenters. The standard InChI is InChI=1S/C11H18F3NO3/c1-6-4-5-18-7(6)8(16)15-10(2,3)9(17)11(12,13)14/h6-7,9,17H,4-5H2,1-3H3,(H,15,16)/t6-,7+,9?/m1/s1. The van der Waals surface area contributed by atoms with Crippen molar-refractivity contribution >= 4 is 5.91 Å². The second-order valence-electron chi connectivity index (χ2n) is 5.21. The van der Waals surface area contributed by atoms with Crippen LogP contribution in [0.2, 0.25) is 0 Å². The molecule has 1 fully saturated rings. The van der Waals surface area contributed by atoms with Gasteiger partial charge in [-0.3, -0.25) is 4.79 Å². The molecule has 0 saturated carbocycles. The third kappa shape index (κ3) is 3.35. The van der Waals surface area contributed by atoms with E-state index < -0.39 is 29.8 Å². The summed E-state index contributed by atoms with van der Waals surface area (Å²) in [6, 6.07) is 0. The second kappa shape index (κ2) is 5.05. The molecule has 0 aromatic heterocycles. The van der Waals surface area contributed by atoms with Crippen molar-refractivity contribution in [1.29, 1.82) is 0 Å². The topological polar surface area (TPSA) is 58.6 Å². The van der Waals surface area contributed by atoms with Crippen molar-refractivity contribution in [2.45, 2.75) is 51.1 Å². The van der Waals surface area contributed by atoms with Crippen LogP contribution in [0, 0.1) is 5.92 Å². The normalized spacial score (nSPS) is 27.1. The van der Waals surface area contributed by atoms with Crippen LogP contribution in [0.15, 0.2) is 0 Å². The number of aliphatic hydroxyl groups is 1. The summed E-state index contributed by atoms with van der Waals surface area (Å²) in [5.74, 6) is -0.655. The molecule has 0 radical (unpaired) electrons. The van der Waals surface area contributed by atoms with E-state index in [1.165, 1.54) is 0 Å². The van der Waals surface area contributed by atoms with Gasteiger partial charge in [-0.15, -0.1) is 0 Å². The van der Waals surface area contributed by atoms with Gasteiger partial charge in [-0.2, -0.15) is 13.2 Å². The van der Waals surface area contributed by atoms with Crippen LogP contribution in [-0.4, -0.2) is 41.5 Å². The molecule has 1 heterocycles. The molecule has 0 bridgehead atoms. The first kappa shape index (κ1) is 15.2. The number of alkyl halides is 3. The van der Waals surface area contributed by atoms with Gasteiger partial charge in [-0.05, 0) is 26.2 Å². The van der Waals surface area contributed by atoms with Crippen LogP contribution in [0.1, 0.15) is 27.2 Å². The molecule has 18 heavy (non-hydrogen) atoms. The maximum Gasteiger partial charge on any atom is 0.416 e. The molecule has 106 valence electrons. The molecule has 0 aliphatic carbocycles. The number of carbonyl (C=O) groups excluding carboxylic acids is 1. The summed E-state index contributed by atoms with van der Waals surface area (Å²) in [7, 11) is 0. The second-order valence-corrected chi connectivity index (χ2v) is 5.21. The van der Waals surface area contributed by atoms with Gasteiger partial charge < -0.3 is 15.2 Å². The molecule has 7 heteroatoms. The molecule has 1 rings (SSSR count). The largest absolute Gasteiger partial charge is 0.416 e. The lowest BCUT2D eigenvalue weighted by Crippen LogP contribution is -2.59. The number of carbonyl (C=O) groups is 1. The summed E-state index contributed by atoms with van der Waals surface area (Å²) in [6.45, 7) is 4.47. The van der Waals surface area contributed by atoms with Crippen LogP contribution in [-0.2, 0) is 9.53 Å². The van der Waals surface area contributed by atoms with Crippen molar-refractivity contribution in [1.82, 2.24) is 5.32 Å². The molecule has 0 aromatic carbocycles. The fourth-order valence-corrected chi connectivity index (χ4v) is 1.90. The zero-order valence-corrected chi connectivity index (χ0v) is 10.5. The molecular weight excluding hydrogens is 251 g/mol. The van der Waals surface area contributed by atoms with E-state index in [1.54, 1.807) is 6.92 Å². The molecule has 1 amide bonds. The minimum Gasteiger partial charge on any atom is -0.382 e. The first-order valence-corrected chi connectivity index (χ1v) is 5.74. The van der Waals surface area contributed by atoms with Crippen molar-refractivity contribution in [3.05, 3.63) is 0 Å². The summed E-state index contributed by atoms with van der Waals surface area (Å²) in [5.41, 5.74) is -1.79. The number of nitrogens with one attached hydrogen (secondary N) is 1. The fraction of sp³-hybridized carbons (Fsp3) is 0.909. The number of rotatable bonds is 3. The van der Waals surface area contributed by atoms with Gasteiger partial charge >= 0.3 is 6.18 Å². The molecule has 1 saturated heterocycles. The third-order valence-electron chi connectivity index (χ3n) is 3.08. The molecular formula is C11H18F3NO3. The number of aliphatic hydroxyl groups excluding tert-OH is 1. The van der Waals surface area contributed by atoms with E-state index in [9.17, 15) is 23.1 Å².